The van der Waals surface area contributed by atoms with Gasteiger partial charge < -0.3 is 18.7 Å². The molecule has 0 aliphatic carbocycles. The molecule has 0 radical (unpaired) electrons. The molecule has 170 valence electrons. The highest BCUT2D eigenvalue weighted by Gasteiger charge is 2.18. The summed E-state index contributed by atoms with van der Waals surface area (Å²) in [6, 6.07) is 10.4. The van der Waals surface area contributed by atoms with E-state index in [0.717, 1.165) is 10.8 Å². The summed E-state index contributed by atoms with van der Waals surface area (Å²) in [4.78, 5) is 29.4. The molecule has 0 saturated carbocycles. The minimum absolute atomic E-state index is 0.0791. The average Bonchev–Trinajstić information content (AvgIpc) is 3.32. The first kappa shape index (κ1) is 21.8. The standard InChI is InChI=1S/C22H19FN4O6/c1-30-16-8-14(9-17(31-2)18(16)32-3)21-24-19(26-33-21)13-6-4-12(5-7-13)10-27-11-15(23)20(28)25-22(27)29/h4-9,11H,10H2,1-3H3,(H,25,28,29). The average molecular weight is 454 g/mol. The molecule has 33 heavy (non-hydrogen) atoms. The molecule has 4 rings (SSSR count). The monoisotopic (exact) mass is 454 g/mol. The van der Waals surface area contributed by atoms with Crippen LogP contribution in [0.3, 0.4) is 0 Å². The lowest BCUT2D eigenvalue weighted by Crippen LogP contribution is -2.31. The molecular weight excluding hydrogens is 435 g/mol. The lowest BCUT2D eigenvalue weighted by molar-refractivity contribution is 0.324. The van der Waals surface area contributed by atoms with Crippen molar-refractivity contribution in [2.24, 2.45) is 0 Å². The number of aromatic nitrogens is 4. The third-order valence-electron chi connectivity index (χ3n) is 4.87. The van der Waals surface area contributed by atoms with E-state index in [9.17, 15) is 14.0 Å². The van der Waals surface area contributed by atoms with Gasteiger partial charge in [0.05, 0.1) is 34.1 Å². The molecule has 0 spiro atoms. The number of H-pyrrole nitrogens is 1. The van der Waals surface area contributed by atoms with E-state index in [4.69, 9.17) is 18.7 Å². The van der Waals surface area contributed by atoms with Gasteiger partial charge >= 0.3 is 5.69 Å². The fraction of sp³-hybridized carbons (Fsp3) is 0.182. The largest absolute Gasteiger partial charge is 0.493 e. The number of hydrogen-bond donors (Lipinski definition) is 1. The van der Waals surface area contributed by atoms with Crippen LogP contribution in [0.15, 0.2) is 56.7 Å². The second-order valence-electron chi connectivity index (χ2n) is 6.90. The molecule has 0 aliphatic heterocycles. The normalized spacial score (nSPS) is 10.8. The van der Waals surface area contributed by atoms with E-state index in [1.165, 1.54) is 21.3 Å². The number of rotatable bonds is 7. The summed E-state index contributed by atoms with van der Waals surface area (Å²) in [7, 11) is 4.54. The van der Waals surface area contributed by atoms with Crippen LogP contribution in [0, 0.1) is 5.82 Å². The van der Waals surface area contributed by atoms with Gasteiger partial charge in [0.15, 0.2) is 11.5 Å². The fourth-order valence-electron chi connectivity index (χ4n) is 3.22. The highest BCUT2D eigenvalue weighted by molar-refractivity contribution is 5.67. The smallest absolute Gasteiger partial charge is 0.328 e. The number of aromatic amines is 1. The lowest BCUT2D eigenvalue weighted by Gasteiger charge is -2.12. The second-order valence-corrected chi connectivity index (χ2v) is 6.90. The zero-order chi connectivity index (χ0) is 23.5. The number of benzene rings is 2. The molecule has 0 aliphatic rings. The Morgan fingerprint density at radius 1 is 1.00 bits per heavy atom. The van der Waals surface area contributed by atoms with Gasteiger partial charge in [0.1, 0.15) is 0 Å². The summed E-state index contributed by atoms with van der Waals surface area (Å²) in [5, 5.41) is 4.02. The minimum atomic E-state index is -1.05. The van der Waals surface area contributed by atoms with Crippen molar-refractivity contribution in [1.82, 2.24) is 19.7 Å². The van der Waals surface area contributed by atoms with E-state index >= 15 is 0 Å². The van der Waals surface area contributed by atoms with Crippen molar-refractivity contribution in [2.45, 2.75) is 6.54 Å². The molecule has 2 heterocycles. The van der Waals surface area contributed by atoms with Crippen LogP contribution >= 0.6 is 0 Å². The van der Waals surface area contributed by atoms with E-state index in [-0.39, 0.29) is 12.4 Å². The van der Waals surface area contributed by atoms with E-state index in [1.807, 2.05) is 4.98 Å². The quantitative estimate of drug-likeness (QED) is 0.452. The Morgan fingerprint density at radius 3 is 2.27 bits per heavy atom. The molecule has 0 unspecified atom stereocenters. The maximum atomic E-state index is 13.5. The maximum absolute atomic E-state index is 13.5. The van der Waals surface area contributed by atoms with Crippen LogP contribution in [0.5, 0.6) is 17.2 Å². The van der Waals surface area contributed by atoms with Gasteiger partial charge in [-0.1, -0.05) is 29.4 Å². The number of nitrogens with one attached hydrogen (secondary N) is 1. The zero-order valence-electron chi connectivity index (χ0n) is 17.9. The molecule has 11 heteroatoms. The Labute approximate surface area is 186 Å². The number of hydrogen-bond acceptors (Lipinski definition) is 8. The molecule has 0 amide bonds. The van der Waals surface area contributed by atoms with Crippen LogP contribution in [0.25, 0.3) is 22.8 Å². The van der Waals surface area contributed by atoms with E-state index < -0.39 is 17.1 Å². The van der Waals surface area contributed by atoms with Crippen molar-refractivity contribution in [1.29, 1.82) is 0 Å². The Kier molecular flexibility index (Phi) is 5.94. The molecule has 0 atom stereocenters. The van der Waals surface area contributed by atoms with Crippen LogP contribution in [-0.4, -0.2) is 41.0 Å². The van der Waals surface area contributed by atoms with Gasteiger partial charge in [-0.3, -0.25) is 14.3 Å². The van der Waals surface area contributed by atoms with Gasteiger partial charge in [0.2, 0.25) is 17.4 Å². The van der Waals surface area contributed by atoms with Gasteiger partial charge in [-0.2, -0.15) is 9.37 Å². The Hall–Kier alpha value is -4.41. The topological polar surface area (TPSA) is 121 Å². The van der Waals surface area contributed by atoms with E-state index in [0.29, 0.717) is 39.8 Å². The first-order valence-electron chi connectivity index (χ1n) is 9.66. The van der Waals surface area contributed by atoms with Gasteiger partial charge in [-0.15, -0.1) is 0 Å². The highest BCUT2D eigenvalue weighted by Crippen LogP contribution is 2.41. The van der Waals surface area contributed by atoms with Crippen molar-refractivity contribution >= 4 is 0 Å². The molecular formula is C22H19FN4O6. The fourth-order valence-corrected chi connectivity index (χ4v) is 3.22. The molecule has 4 aromatic rings. The van der Waals surface area contributed by atoms with E-state index in [1.54, 1.807) is 36.4 Å². The van der Waals surface area contributed by atoms with E-state index in [2.05, 4.69) is 10.1 Å². The van der Waals surface area contributed by atoms with Gasteiger partial charge in [-0.25, -0.2) is 4.79 Å². The van der Waals surface area contributed by atoms with Gasteiger partial charge in [0, 0.05) is 11.1 Å². The summed E-state index contributed by atoms with van der Waals surface area (Å²) in [6.07, 6.45) is 0.873. The predicted molar refractivity (Wildman–Crippen MR) is 115 cm³/mol. The predicted octanol–water partition coefficient (Wildman–Crippen LogP) is 2.47. The molecule has 10 nitrogen and oxygen atoms in total. The third-order valence-corrected chi connectivity index (χ3v) is 4.87. The third kappa shape index (κ3) is 4.33. The van der Waals surface area contributed by atoms with Crippen LogP contribution < -0.4 is 25.5 Å². The Bertz CT molecular complexity index is 1380. The zero-order valence-corrected chi connectivity index (χ0v) is 17.9. The summed E-state index contributed by atoms with van der Waals surface area (Å²) >= 11 is 0. The molecule has 2 aromatic heterocycles. The maximum Gasteiger partial charge on any atom is 0.328 e. The van der Waals surface area contributed by atoms with Crippen molar-refractivity contribution in [2.75, 3.05) is 21.3 Å². The number of nitrogens with zero attached hydrogens (tertiary/aromatic N) is 3. The Balaban J connectivity index is 1.59. The molecule has 1 N–H and O–H groups in total. The van der Waals surface area contributed by atoms with Crippen molar-refractivity contribution in [3.8, 4) is 40.1 Å². The first-order chi connectivity index (χ1) is 15.9. The van der Waals surface area contributed by atoms with Crippen LogP contribution in [-0.2, 0) is 6.54 Å². The molecule has 0 saturated heterocycles. The number of halogens is 1. The van der Waals surface area contributed by atoms with Gasteiger partial charge in [0.25, 0.3) is 11.4 Å². The summed E-state index contributed by atoms with van der Waals surface area (Å²) in [6.45, 7) is 0.0791. The summed E-state index contributed by atoms with van der Waals surface area (Å²) in [5.74, 6) is 0.911. The minimum Gasteiger partial charge on any atom is -0.493 e. The molecule has 0 fully saturated rings. The summed E-state index contributed by atoms with van der Waals surface area (Å²) in [5.41, 5.74) is 0.214. The molecule has 2 aromatic carbocycles. The van der Waals surface area contributed by atoms with Crippen molar-refractivity contribution < 1.29 is 23.1 Å². The molecule has 0 bridgehead atoms. The van der Waals surface area contributed by atoms with Crippen LogP contribution in [0.1, 0.15) is 5.56 Å². The highest BCUT2D eigenvalue weighted by atomic mass is 19.1. The SMILES string of the molecule is COc1cc(-c2nc(-c3ccc(Cn4cc(F)c(=O)[nH]c4=O)cc3)no2)cc(OC)c1OC. The Morgan fingerprint density at radius 2 is 1.67 bits per heavy atom. The van der Waals surface area contributed by atoms with Crippen molar-refractivity contribution in [3.63, 3.8) is 0 Å². The van der Waals surface area contributed by atoms with Crippen LogP contribution in [0.2, 0.25) is 0 Å². The number of ether oxygens (including phenoxy) is 3. The first-order valence-corrected chi connectivity index (χ1v) is 9.66. The van der Waals surface area contributed by atoms with Crippen molar-refractivity contribution in [3.05, 3.63) is 74.8 Å². The number of methoxy groups -OCH3 is 3. The summed E-state index contributed by atoms with van der Waals surface area (Å²) < 4.78 is 36.0. The van der Waals surface area contributed by atoms with Crippen LogP contribution in [0.4, 0.5) is 4.39 Å². The lowest BCUT2D eigenvalue weighted by atomic mass is 10.1. The second kappa shape index (κ2) is 8.99. The van der Waals surface area contributed by atoms with Gasteiger partial charge in [-0.05, 0) is 17.7 Å².